The molecule has 0 aliphatic carbocycles. The van der Waals surface area contributed by atoms with E-state index in [2.05, 4.69) is 14.6 Å². The van der Waals surface area contributed by atoms with E-state index in [4.69, 9.17) is 0 Å². The van der Waals surface area contributed by atoms with E-state index in [9.17, 15) is 4.79 Å². The van der Waals surface area contributed by atoms with Crippen molar-refractivity contribution in [2.45, 2.75) is 13.5 Å². The summed E-state index contributed by atoms with van der Waals surface area (Å²) in [6, 6.07) is 17.8. The third kappa shape index (κ3) is 3.16. The zero-order valence-electron chi connectivity index (χ0n) is 13.4. The molecule has 1 amide bonds. The van der Waals surface area contributed by atoms with Crippen molar-refractivity contribution in [3.05, 3.63) is 70.7 Å². The number of aromatic nitrogens is 3. The molecular weight excluding hydrogens is 352 g/mol. The second-order valence-electron chi connectivity index (χ2n) is 5.53. The van der Waals surface area contributed by atoms with E-state index < -0.39 is 0 Å². The molecule has 0 aliphatic heterocycles. The lowest BCUT2D eigenvalue weighted by Crippen LogP contribution is -2.30. The van der Waals surface area contributed by atoms with Crippen LogP contribution < -0.4 is 4.90 Å². The molecule has 2 aromatic carbocycles. The Labute approximate surface area is 152 Å². The van der Waals surface area contributed by atoms with E-state index in [0.29, 0.717) is 22.2 Å². The smallest absolute Gasteiger partial charge is 0.274 e. The number of aryl methyl sites for hydroxylation is 1. The first-order valence-electron chi connectivity index (χ1n) is 7.72. The van der Waals surface area contributed by atoms with Gasteiger partial charge in [-0.2, -0.15) is 0 Å². The van der Waals surface area contributed by atoms with E-state index in [1.807, 2.05) is 54.6 Å². The molecule has 25 heavy (non-hydrogen) atoms. The molecule has 0 radical (unpaired) electrons. The van der Waals surface area contributed by atoms with Crippen LogP contribution in [0.4, 0.5) is 5.13 Å². The molecule has 4 aromatic rings. The summed E-state index contributed by atoms with van der Waals surface area (Å²) in [7, 11) is 0. The second kappa shape index (κ2) is 6.70. The topological polar surface area (TPSA) is 59.0 Å². The van der Waals surface area contributed by atoms with Crippen LogP contribution in [-0.4, -0.2) is 20.5 Å². The molecule has 2 heterocycles. The van der Waals surface area contributed by atoms with Gasteiger partial charge < -0.3 is 0 Å². The lowest BCUT2D eigenvalue weighted by molar-refractivity contribution is 0.0988. The number of carbonyl (C=O) groups excluding carboxylic acids is 1. The predicted molar refractivity (Wildman–Crippen MR) is 101 cm³/mol. The van der Waals surface area contributed by atoms with Gasteiger partial charge in [0.25, 0.3) is 5.91 Å². The highest BCUT2D eigenvalue weighted by molar-refractivity contribution is 7.22. The van der Waals surface area contributed by atoms with Crippen LogP contribution in [0, 0.1) is 6.92 Å². The zero-order valence-corrected chi connectivity index (χ0v) is 15.0. The van der Waals surface area contributed by atoms with Gasteiger partial charge in [0, 0.05) is 0 Å². The average Bonchev–Trinajstić information content (AvgIpc) is 3.25. The van der Waals surface area contributed by atoms with Crippen molar-refractivity contribution in [3.63, 3.8) is 0 Å². The van der Waals surface area contributed by atoms with Crippen LogP contribution in [0.15, 0.2) is 54.6 Å². The summed E-state index contributed by atoms with van der Waals surface area (Å²) >= 11 is 2.64. The van der Waals surface area contributed by atoms with Gasteiger partial charge in [0.05, 0.1) is 22.5 Å². The maximum Gasteiger partial charge on any atom is 0.274 e. The summed E-state index contributed by atoms with van der Waals surface area (Å²) in [5.74, 6) is -0.115. The summed E-state index contributed by atoms with van der Waals surface area (Å²) in [5.41, 5.74) is 2.59. The lowest BCUT2D eigenvalue weighted by atomic mass is 10.2. The number of benzene rings is 2. The molecule has 2 aromatic heterocycles. The number of amides is 1. The van der Waals surface area contributed by atoms with Crippen molar-refractivity contribution >= 4 is 44.1 Å². The largest absolute Gasteiger partial charge is 0.279 e. The first kappa shape index (κ1) is 15.9. The summed E-state index contributed by atoms with van der Waals surface area (Å²) in [6.45, 7) is 2.26. The molecule has 0 N–H and O–H groups in total. The molecule has 0 atom stereocenters. The molecule has 0 fully saturated rings. The predicted octanol–water partition coefficient (Wildman–Crippen LogP) is 4.30. The molecule has 7 heteroatoms. The third-order valence-corrected chi connectivity index (χ3v) is 5.66. The van der Waals surface area contributed by atoms with Crippen LogP contribution in [-0.2, 0) is 6.54 Å². The molecule has 0 aliphatic rings. The van der Waals surface area contributed by atoms with Crippen LogP contribution in [0.1, 0.15) is 20.9 Å². The van der Waals surface area contributed by atoms with E-state index in [1.54, 1.807) is 11.8 Å². The Bertz CT molecular complexity index is 993. The van der Waals surface area contributed by atoms with Crippen LogP contribution in [0.2, 0.25) is 0 Å². The van der Waals surface area contributed by atoms with Crippen molar-refractivity contribution in [2.24, 2.45) is 0 Å². The molecule has 5 nitrogen and oxygen atoms in total. The van der Waals surface area contributed by atoms with Crippen molar-refractivity contribution in [3.8, 4) is 0 Å². The Hall–Kier alpha value is -2.64. The van der Waals surface area contributed by atoms with Gasteiger partial charge in [0.2, 0.25) is 0 Å². The molecule has 0 unspecified atom stereocenters. The first-order chi connectivity index (χ1) is 12.2. The Morgan fingerprint density at radius 3 is 2.56 bits per heavy atom. The molecule has 124 valence electrons. The van der Waals surface area contributed by atoms with Gasteiger partial charge in [0.15, 0.2) is 5.13 Å². The van der Waals surface area contributed by atoms with Crippen LogP contribution in [0.25, 0.3) is 10.2 Å². The standard InChI is InChI=1S/C18H14N4OS2/c1-12-16(25-21-20-12)17(23)22(11-13-7-3-2-4-8-13)18-19-14-9-5-6-10-15(14)24-18/h2-10H,11H2,1H3. The lowest BCUT2D eigenvalue weighted by Gasteiger charge is -2.19. The average molecular weight is 366 g/mol. The van der Waals surface area contributed by atoms with Gasteiger partial charge in [-0.25, -0.2) is 4.98 Å². The number of para-hydroxylation sites is 1. The quantitative estimate of drug-likeness (QED) is 0.540. The number of nitrogens with zero attached hydrogens (tertiary/aromatic N) is 4. The highest BCUT2D eigenvalue weighted by Gasteiger charge is 2.25. The zero-order chi connectivity index (χ0) is 17.2. The molecule has 0 bridgehead atoms. The number of rotatable bonds is 4. The van der Waals surface area contributed by atoms with Crippen molar-refractivity contribution in [1.82, 2.24) is 14.6 Å². The number of thiazole rings is 1. The summed E-state index contributed by atoms with van der Waals surface area (Å²) in [4.78, 5) is 20.1. The highest BCUT2D eigenvalue weighted by Crippen LogP contribution is 2.31. The summed E-state index contributed by atoms with van der Waals surface area (Å²) in [6.07, 6.45) is 0. The summed E-state index contributed by atoms with van der Waals surface area (Å²) in [5, 5.41) is 4.65. The third-order valence-electron chi connectivity index (χ3n) is 3.79. The van der Waals surface area contributed by atoms with E-state index in [0.717, 1.165) is 27.3 Å². The summed E-state index contributed by atoms with van der Waals surface area (Å²) < 4.78 is 4.95. The van der Waals surface area contributed by atoms with Gasteiger partial charge in [-0.3, -0.25) is 9.69 Å². The molecule has 0 saturated carbocycles. The molecule has 0 spiro atoms. The van der Waals surface area contributed by atoms with Crippen molar-refractivity contribution in [1.29, 1.82) is 0 Å². The number of fused-ring (bicyclic) bond motifs is 1. The SMILES string of the molecule is Cc1nnsc1C(=O)N(Cc1ccccc1)c1nc2ccccc2s1. The van der Waals surface area contributed by atoms with Crippen LogP contribution in [0.5, 0.6) is 0 Å². The van der Waals surface area contributed by atoms with Crippen molar-refractivity contribution in [2.75, 3.05) is 4.90 Å². The monoisotopic (exact) mass is 366 g/mol. The minimum Gasteiger partial charge on any atom is -0.279 e. The minimum absolute atomic E-state index is 0.115. The molecule has 4 rings (SSSR count). The first-order valence-corrected chi connectivity index (χ1v) is 9.31. The fourth-order valence-electron chi connectivity index (χ4n) is 2.52. The Kier molecular flexibility index (Phi) is 4.25. The Morgan fingerprint density at radius 1 is 1.08 bits per heavy atom. The van der Waals surface area contributed by atoms with E-state index in [1.165, 1.54) is 11.3 Å². The van der Waals surface area contributed by atoms with Gasteiger partial charge in [0.1, 0.15) is 4.88 Å². The van der Waals surface area contributed by atoms with Crippen LogP contribution in [0.3, 0.4) is 0 Å². The fraction of sp³-hybridized carbons (Fsp3) is 0.111. The van der Waals surface area contributed by atoms with Gasteiger partial charge in [-0.05, 0) is 36.2 Å². The number of hydrogen-bond acceptors (Lipinski definition) is 6. The van der Waals surface area contributed by atoms with Gasteiger partial charge in [-0.1, -0.05) is 58.3 Å². The Morgan fingerprint density at radius 2 is 1.84 bits per heavy atom. The molecule has 0 saturated heterocycles. The van der Waals surface area contributed by atoms with Crippen LogP contribution >= 0.6 is 22.9 Å². The second-order valence-corrected chi connectivity index (χ2v) is 7.29. The minimum atomic E-state index is -0.115. The van der Waals surface area contributed by atoms with E-state index in [-0.39, 0.29) is 5.91 Å². The van der Waals surface area contributed by atoms with Crippen molar-refractivity contribution < 1.29 is 4.79 Å². The fourth-order valence-corrected chi connectivity index (χ4v) is 4.09. The van der Waals surface area contributed by atoms with Gasteiger partial charge >= 0.3 is 0 Å². The van der Waals surface area contributed by atoms with Gasteiger partial charge in [-0.15, -0.1) is 5.10 Å². The number of carbonyl (C=O) groups is 1. The number of hydrogen-bond donors (Lipinski definition) is 0. The highest BCUT2D eigenvalue weighted by atomic mass is 32.1. The molecular formula is C18H14N4OS2. The van der Waals surface area contributed by atoms with E-state index >= 15 is 0 Å². The Balaban J connectivity index is 1.77. The maximum absolute atomic E-state index is 13.1. The maximum atomic E-state index is 13.1. The number of anilines is 1. The normalized spacial score (nSPS) is 10.9.